The fourth-order valence-electron chi connectivity index (χ4n) is 2.78. The van der Waals surface area contributed by atoms with Crippen molar-refractivity contribution in [2.75, 3.05) is 0 Å². The lowest BCUT2D eigenvalue weighted by Gasteiger charge is -2.36. The molecule has 1 N–H and O–H groups in total. The summed E-state index contributed by atoms with van der Waals surface area (Å²) in [5.74, 6) is 0.568. The number of hydrogen-bond donors (Lipinski definition) is 1. The fourth-order valence-corrected chi connectivity index (χ4v) is 2.78. The third-order valence-corrected chi connectivity index (χ3v) is 4.06. The van der Waals surface area contributed by atoms with Crippen LogP contribution in [-0.4, -0.2) is 10.7 Å². The zero-order valence-corrected chi connectivity index (χ0v) is 10.5. The number of aliphatic hydroxyl groups is 1. The highest BCUT2D eigenvalue weighted by molar-refractivity contribution is 5.18. The van der Waals surface area contributed by atoms with Gasteiger partial charge in [-0.25, -0.2) is 4.39 Å². The number of benzene rings is 1. The predicted molar refractivity (Wildman–Crippen MR) is 67.3 cm³/mol. The molecule has 1 fully saturated rings. The van der Waals surface area contributed by atoms with E-state index in [1.165, 1.54) is 18.6 Å². The Morgan fingerprint density at radius 2 is 1.82 bits per heavy atom. The molecule has 17 heavy (non-hydrogen) atoms. The van der Waals surface area contributed by atoms with E-state index in [0.717, 1.165) is 37.2 Å². The van der Waals surface area contributed by atoms with E-state index in [0.29, 0.717) is 6.42 Å². The van der Waals surface area contributed by atoms with Gasteiger partial charge in [-0.15, -0.1) is 0 Å². The molecule has 0 aromatic heterocycles. The number of hydrogen-bond acceptors (Lipinski definition) is 1. The summed E-state index contributed by atoms with van der Waals surface area (Å²) >= 11 is 0. The predicted octanol–water partition coefficient (Wildman–Crippen LogP) is 3.70. The molecule has 1 saturated carbocycles. The van der Waals surface area contributed by atoms with Gasteiger partial charge in [0.15, 0.2) is 0 Å². The molecule has 0 radical (unpaired) electrons. The van der Waals surface area contributed by atoms with Crippen LogP contribution in [0.1, 0.15) is 44.6 Å². The number of rotatable bonds is 3. The third kappa shape index (κ3) is 3.29. The maximum atomic E-state index is 12.8. The SMILES string of the molecule is CCC1CCC(O)(Cc2ccc(F)cc2)CC1. The molecule has 2 rings (SSSR count). The summed E-state index contributed by atoms with van der Waals surface area (Å²) in [6.45, 7) is 2.22. The first kappa shape index (κ1) is 12.6. The summed E-state index contributed by atoms with van der Waals surface area (Å²) < 4.78 is 12.8. The van der Waals surface area contributed by atoms with Crippen LogP contribution < -0.4 is 0 Å². The molecule has 1 aromatic rings. The Hall–Kier alpha value is -0.890. The van der Waals surface area contributed by atoms with E-state index in [-0.39, 0.29) is 5.82 Å². The van der Waals surface area contributed by atoms with Gasteiger partial charge < -0.3 is 5.11 Å². The van der Waals surface area contributed by atoms with Gasteiger partial charge in [0, 0.05) is 6.42 Å². The van der Waals surface area contributed by atoms with Crippen molar-refractivity contribution in [2.45, 2.75) is 51.0 Å². The van der Waals surface area contributed by atoms with E-state index in [2.05, 4.69) is 6.92 Å². The van der Waals surface area contributed by atoms with Gasteiger partial charge in [-0.2, -0.15) is 0 Å². The minimum Gasteiger partial charge on any atom is -0.390 e. The van der Waals surface area contributed by atoms with Crippen LogP contribution in [0.3, 0.4) is 0 Å². The molecule has 94 valence electrons. The van der Waals surface area contributed by atoms with Crippen LogP contribution in [0.15, 0.2) is 24.3 Å². The minimum atomic E-state index is -0.566. The molecule has 0 heterocycles. The topological polar surface area (TPSA) is 20.2 Å². The zero-order valence-electron chi connectivity index (χ0n) is 10.5. The molecule has 0 aliphatic heterocycles. The van der Waals surface area contributed by atoms with Crippen LogP contribution in [0.2, 0.25) is 0 Å². The van der Waals surface area contributed by atoms with Crippen LogP contribution in [0, 0.1) is 11.7 Å². The molecule has 2 heteroatoms. The quantitative estimate of drug-likeness (QED) is 0.848. The Labute approximate surface area is 103 Å². The molecular formula is C15H21FO. The standard InChI is InChI=1S/C15H21FO/c1-2-12-7-9-15(17,10-8-12)11-13-3-5-14(16)6-4-13/h3-6,12,17H,2,7-11H2,1H3. The molecule has 0 atom stereocenters. The Morgan fingerprint density at radius 3 is 2.35 bits per heavy atom. The maximum Gasteiger partial charge on any atom is 0.123 e. The Balaban J connectivity index is 1.96. The van der Waals surface area contributed by atoms with Crippen LogP contribution >= 0.6 is 0 Å². The summed E-state index contributed by atoms with van der Waals surface area (Å²) in [5.41, 5.74) is 0.465. The first-order valence-corrected chi connectivity index (χ1v) is 6.58. The molecule has 1 nitrogen and oxygen atoms in total. The largest absolute Gasteiger partial charge is 0.390 e. The van der Waals surface area contributed by atoms with Crippen LogP contribution in [0.4, 0.5) is 4.39 Å². The van der Waals surface area contributed by atoms with Crippen LogP contribution in [0.5, 0.6) is 0 Å². The first-order valence-electron chi connectivity index (χ1n) is 6.58. The fraction of sp³-hybridized carbons (Fsp3) is 0.600. The van der Waals surface area contributed by atoms with Crippen molar-refractivity contribution in [1.29, 1.82) is 0 Å². The summed E-state index contributed by atoms with van der Waals surface area (Å²) in [7, 11) is 0. The van der Waals surface area contributed by atoms with Gasteiger partial charge in [0.05, 0.1) is 5.60 Å². The van der Waals surface area contributed by atoms with E-state index in [9.17, 15) is 9.50 Å². The highest BCUT2D eigenvalue weighted by atomic mass is 19.1. The highest BCUT2D eigenvalue weighted by Gasteiger charge is 2.32. The molecule has 1 aliphatic rings. The monoisotopic (exact) mass is 236 g/mol. The van der Waals surface area contributed by atoms with Crippen molar-refractivity contribution in [3.8, 4) is 0 Å². The number of halogens is 1. The molecule has 1 aliphatic carbocycles. The van der Waals surface area contributed by atoms with Gasteiger partial charge >= 0.3 is 0 Å². The van der Waals surface area contributed by atoms with Crippen molar-refractivity contribution in [2.24, 2.45) is 5.92 Å². The zero-order chi connectivity index (χ0) is 12.3. The summed E-state index contributed by atoms with van der Waals surface area (Å²) in [5, 5.41) is 10.5. The van der Waals surface area contributed by atoms with E-state index in [1.807, 2.05) is 0 Å². The van der Waals surface area contributed by atoms with E-state index >= 15 is 0 Å². The Kier molecular flexibility index (Phi) is 3.82. The molecule has 0 unspecified atom stereocenters. The van der Waals surface area contributed by atoms with Crippen molar-refractivity contribution < 1.29 is 9.50 Å². The van der Waals surface area contributed by atoms with Crippen molar-refractivity contribution in [1.82, 2.24) is 0 Å². The molecule has 0 spiro atoms. The van der Waals surface area contributed by atoms with Crippen molar-refractivity contribution >= 4 is 0 Å². The maximum absolute atomic E-state index is 12.8. The minimum absolute atomic E-state index is 0.213. The normalized spacial score (nSPS) is 29.2. The van der Waals surface area contributed by atoms with E-state index < -0.39 is 5.60 Å². The van der Waals surface area contributed by atoms with Crippen molar-refractivity contribution in [3.05, 3.63) is 35.6 Å². The second kappa shape index (κ2) is 5.18. The molecule has 0 saturated heterocycles. The van der Waals surface area contributed by atoms with Crippen LogP contribution in [-0.2, 0) is 6.42 Å². The van der Waals surface area contributed by atoms with E-state index in [1.54, 1.807) is 12.1 Å². The Morgan fingerprint density at radius 1 is 1.24 bits per heavy atom. The third-order valence-electron chi connectivity index (χ3n) is 4.06. The lowest BCUT2D eigenvalue weighted by Crippen LogP contribution is -2.36. The molecule has 0 amide bonds. The lowest BCUT2D eigenvalue weighted by molar-refractivity contribution is -0.00923. The first-order chi connectivity index (χ1) is 8.11. The summed E-state index contributed by atoms with van der Waals surface area (Å²) in [6.07, 6.45) is 5.87. The van der Waals surface area contributed by atoms with Gasteiger partial charge in [0.25, 0.3) is 0 Å². The summed E-state index contributed by atoms with van der Waals surface area (Å²) in [4.78, 5) is 0. The van der Waals surface area contributed by atoms with Gasteiger partial charge in [-0.05, 0) is 49.3 Å². The lowest BCUT2D eigenvalue weighted by atomic mass is 9.75. The molecule has 0 bridgehead atoms. The second-order valence-electron chi connectivity index (χ2n) is 5.38. The van der Waals surface area contributed by atoms with Gasteiger partial charge in [-0.3, -0.25) is 0 Å². The van der Waals surface area contributed by atoms with Gasteiger partial charge in [-0.1, -0.05) is 25.5 Å². The smallest absolute Gasteiger partial charge is 0.123 e. The molecular weight excluding hydrogens is 215 g/mol. The summed E-state index contributed by atoms with van der Waals surface area (Å²) in [6, 6.07) is 6.49. The van der Waals surface area contributed by atoms with Gasteiger partial charge in [0.1, 0.15) is 5.82 Å². The van der Waals surface area contributed by atoms with E-state index in [4.69, 9.17) is 0 Å². The van der Waals surface area contributed by atoms with Gasteiger partial charge in [0.2, 0.25) is 0 Å². The Bertz CT molecular complexity index is 350. The van der Waals surface area contributed by atoms with Crippen LogP contribution in [0.25, 0.3) is 0 Å². The second-order valence-corrected chi connectivity index (χ2v) is 5.38. The molecule has 1 aromatic carbocycles. The van der Waals surface area contributed by atoms with Crippen molar-refractivity contribution in [3.63, 3.8) is 0 Å². The highest BCUT2D eigenvalue weighted by Crippen LogP contribution is 2.35. The average molecular weight is 236 g/mol. The average Bonchev–Trinajstić information content (AvgIpc) is 2.33.